The van der Waals surface area contributed by atoms with Crippen LogP contribution in [0.15, 0.2) is 53.5 Å². The third-order valence-electron chi connectivity index (χ3n) is 3.67. The number of methoxy groups -OCH3 is 1. The molecule has 0 atom stereocenters. The summed E-state index contributed by atoms with van der Waals surface area (Å²) < 4.78 is 7.24. The molecule has 0 bridgehead atoms. The van der Waals surface area contributed by atoms with E-state index in [0.29, 0.717) is 11.1 Å². The molecule has 19 heavy (non-hydrogen) atoms. The number of para-hydroxylation sites is 2. The van der Waals surface area contributed by atoms with E-state index in [2.05, 4.69) is 18.2 Å². The molecule has 0 spiro atoms. The van der Waals surface area contributed by atoms with Crippen LogP contribution in [0.2, 0.25) is 0 Å². The number of pyridine rings is 1. The fourth-order valence-electron chi connectivity index (χ4n) is 2.82. The molecule has 2 aromatic heterocycles. The first-order valence-corrected chi connectivity index (χ1v) is 6.13. The number of rotatable bonds is 1. The summed E-state index contributed by atoms with van der Waals surface area (Å²) in [6.45, 7) is 0. The Morgan fingerprint density at radius 3 is 2.53 bits per heavy atom. The molecule has 3 heteroatoms. The van der Waals surface area contributed by atoms with Crippen molar-refractivity contribution in [2.75, 3.05) is 7.11 Å². The molecular weight excluding hydrogens is 238 g/mol. The van der Waals surface area contributed by atoms with Crippen molar-refractivity contribution < 1.29 is 4.74 Å². The molecule has 0 fully saturated rings. The van der Waals surface area contributed by atoms with E-state index in [4.69, 9.17) is 4.74 Å². The van der Waals surface area contributed by atoms with E-state index in [9.17, 15) is 4.79 Å². The minimum Gasteiger partial charge on any atom is -0.491 e. The number of ether oxygens (including phenoxy) is 1. The van der Waals surface area contributed by atoms with E-state index in [-0.39, 0.29) is 5.43 Å². The molecule has 3 nitrogen and oxygen atoms in total. The predicted molar refractivity (Wildman–Crippen MR) is 76.4 cm³/mol. The van der Waals surface area contributed by atoms with Crippen LogP contribution in [0.3, 0.4) is 0 Å². The van der Waals surface area contributed by atoms with E-state index in [0.717, 1.165) is 21.8 Å². The van der Waals surface area contributed by atoms with Crippen molar-refractivity contribution >= 4 is 27.2 Å². The Hall–Kier alpha value is -2.55. The van der Waals surface area contributed by atoms with Gasteiger partial charge in [0.2, 0.25) is 5.43 Å². The highest BCUT2D eigenvalue weighted by molar-refractivity contribution is 6.13. The molecule has 4 rings (SSSR count). The van der Waals surface area contributed by atoms with Gasteiger partial charge in [0.05, 0.1) is 29.7 Å². The van der Waals surface area contributed by atoms with Crippen LogP contribution in [-0.2, 0) is 0 Å². The van der Waals surface area contributed by atoms with Gasteiger partial charge < -0.3 is 9.14 Å². The summed E-state index contributed by atoms with van der Waals surface area (Å²) in [5.41, 5.74) is 2.00. The van der Waals surface area contributed by atoms with Crippen LogP contribution in [0, 0.1) is 0 Å². The Morgan fingerprint density at radius 2 is 1.68 bits per heavy atom. The molecule has 0 N–H and O–H groups in total. The van der Waals surface area contributed by atoms with Gasteiger partial charge in [-0.05, 0) is 12.1 Å². The number of hydrogen-bond donors (Lipinski definition) is 0. The van der Waals surface area contributed by atoms with E-state index in [1.165, 1.54) is 7.11 Å². The van der Waals surface area contributed by atoms with Gasteiger partial charge >= 0.3 is 0 Å². The molecule has 0 saturated carbocycles. The number of nitrogens with zero attached hydrogens (tertiary/aromatic N) is 1. The van der Waals surface area contributed by atoms with Gasteiger partial charge in [0.15, 0.2) is 5.75 Å². The Balaban J connectivity index is 2.44. The van der Waals surface area contributed by atoms with E-state index in [1.54, 1.807) is 6.20 Å². The van der Waals surface area contributed by atoms with Crippen LogP contribution in [0.5, 0.6) is 5.75 Å². The van der Waals surface area contributed by atoms with Gasteiger partial charge in [0.1, 0.15) is 0 Å². The van der Waals surface area contributed by atoms with Crippen molar-refractivity contribution in [3.05, 3.63) is 58.9 Å². The maximum absolute atomic E-state index is 12.3. The molecular formula is C16H11NO2. The smallest absolute Gasteiger partial charge is 0.231 e. The van der Waals surface area contributed by atoms with Crippen molar-refractivity contribution in [2.45, 2.75) is 0 Å². The Kier molecular flexibility index (Phi) is 1.90. The van der Waals surface area contributed by atoms with Gasteiger partial charge in [-0.3, -0.25) is 4.79 Å². The Bertz CT molecular complexity index is 969. The average molecular weight is 249 g/mol. The van der Waals surface area contributed by atoms with Crippen molar-refractivity contribution in [3.63, 3.8) is 0 Å². The molecule has 0 saturated heterocycles. The van der Waals surface area contributed by atoms with Gasteiger partial charge in [0.25, 0.3) is 0 Å². The molecule has 0 unspecified atom stereocenters. The fraction of sp³-hybridized carbons (Fsp3) is 0.0625. The van der Waals surface area contributed by atoms with Gasteiger partial charge in [-0.15, -0.1) is 0 Å². The molecule has 0 aliphatic carbocycles. The lowest BCUT2D eigenvalue weighted by atomic mass is 10.1. The first-order valence-electron chi connectivity index (χ1n) is 6.13. The monoisotopic (exact) mass is 249 g/mol. The second kappa shape index (κ2) is 3.48. The summed E-state index contributed by atoms with van der Waals surface area (Å²) in [6, 6.07) is 14.0. The summed E-state index contributed by atoms with van der Waals surface area (Å²) in [4.78, 5) is 12.3. The highest BCUT2D eigenvalue weighted by Crippen LogP contribution is 2.31. The summed E-state index contributed by atoms with van der Waals surface area (Å²) in [6.07, 6.45) is 1.78. The lowest BCUT2D eigenvalue weighted by Crippen LogP contribution is -2.07. The van der Waals surface area contributed by atoms with Crippen LogP contribution in [0.25, 0.3) is 27.2 Å². The van der Waals surface area contributed by atoms with Crippen molar-refractivity contribution in [1.29, 1.82) is 0 Å². The van der Waals surface area contributed by atoms with Gasteiger partial charge in [-0.1, -0.05) is 30.3 Å². The zero-order valence-corrected chi connectivity index (χ0v) is 10.4. The lowest BCUT2D eigenvalue weighted by molar-refractivity contribution is 0.409. The molecule has 0 aliphatic rings. The Labute approximate surface area is 109 Å². The number of fused-ring (bicyclic) bond motifs is 3. The van der Waals surface area contributed by atoms with Crippen molar-refractivity contribution in [1.82, 2.24) is 4.40 Å². The van der Waals surface area contributed by atoms with Crippen LogP contribution in [0.4, 0.5) is 0 Å². The van der Waals surface area contributed by atoms with E-state index >= 15 is 0 Å². The summed E-state index contributed by atoms with van der Waals surface area (Å²) in [7, 11) is 1.53. The van der Waals surface area contributed by atoms with Crippen LogP contribution >= 0.6 is 0 Å². The molecule has 0 aliphatic heterocycles. The highest BCUT2D eigenvalue weighted by Gasteiger charge is 2.14. The maximum atomic E-state index is 12.3. The average Bonchev–Trinajstić information content (AvgIpc) is 2.78. The Morgan fingerprint density at radius 1 is 0.947 bits per heavy atom. The highest BCUT2D eigenvalue weighted by atomic mass is 16.5. The predicted octanol–water partition coefficient (Wildman–Crippen LogP) is 3.05. The lowest BCUT2D eigenvalue weighted by Gasteiger charge is -2.04. The molecule has 0 radical (unpaired) electrons. The molecule has 0 amide bonds. The second-order valence-electron chi connectivity index (χ2n) is 4.62. The summed E-state index contributed by atoms with van der Waals surface area (Å²) in [5.74, 6) is 0.376. The summed E-state index contributed by atoms with van der Waals surface area (Å²) >= 11 is 0. The van der Waals surface area contributed by atoms with Crippen LogP contribution < -0.4 is 10.2 Å². The van der Waals surface area contributed by atoms with Crippen molar-refractivity contribution in [2.24, 2.45) is 0 Å². The number of hydrogen-bond acceptors (Lipinski definition) is 2. The third kappa shape index (κ3) is 1.19. The zero-order valence-electron chi connectivity index (χ0n) is 10.4. The largest absolute Gasteiger partial charge is 0.491 e. The van der Waals surface area contributed by atoms with Gasteiger partial charge in [-0.25, -0.2) is 0 Å². The number of benzene rings is 2. The topological polar surface area (TPSA) is 30.7 Å². The molecule has 4 aromatic rings. The van der Waals surface area contributed by atoms with Crippen LogP contribution in [-0.4, -0.2) is 11.5 Å². The SMILES string of the molecule is COc1cn2c3ccccc3c3cccc(c1=O)c32. The van der Waals surface area contributed by atoms with Crippen molar-refractivity contribution in [3.8, 4) is 5.75 Å². The standard InChI is InChI=1S/C16H11NO2/c1-19-14-9-17-13-8-3-2-5-10(13)11-6-4-7-12(15(11)17)16(14)18/h2-9H,1H3. The van der Waals surface area contributed by atoms with Gasteiger partial charge in [-0.2, -0.15) is 0 Å². The molecule has 92 valence electrons. The minimum absolute atomic E-state index is 0.0524. The van der Waals surface area contributed by atoms with Gasteiger partial charge in [0, 0.05) is 10.8 Å². The van der Waals surface area contributed by atoms with E-state index < -0.39 is 0 Å². The molecule has 2 aromatic carbocycles. The normalized spacial score (nSPS) is 11.6. The quantitative estimate of drug-likeness (QED) is 0.519. The second-order valence-corrected chi connectivity index (χ2v) is 4.62. The molecule has 2 heterocycles. The first-order chi connectivity index (χ1) is 9.31. The van der Waals surface area contributed by atoms with E-state index in [1.807, 2.05) is 28.7 Å². The maximum Gasteiger partial charge on any atom is 0.231 e. The number of aromatic nitrogens is 1. The fourth-order valence-corrected chi connectivity index (χ4v) is 2.82. The van der Waals surface area contributed by atoms with Crippen LogP contribution in [0.1, 0.15) is 0 Å². The third-order valence-corrected chi connectivity index (χ3v) is 3.67. The summed E-state index contributed by atoms with van der Waals surface area (Å²) in [5, 5.41) is 2.96. The zero-order chi connectivity index (χ0) is 13.0. The minimum atomic E-state index is -0.0524. The first kappa shape index (κ1) is 10.4.